The van der Waals surface area contributed by atoms with Crippen molar-refractivity contribution in [2.75, 3.05) is 6.54 Å². The van der Waals surface area contributed by atoms with Crippen LogP contribution in [0.25, 0.3) is 0 Å². The molecule has 1 rings (SSSR count). The van der Waals surface area contributed by atoms with E-state index in [9.17, 15) is 13.2 Å². The lowest BCUT2D eigenvalue weighted by atomic mass is 9.98. The largest absolute Gasteiger partial charge is 0.416 e. The molecule has 1 unspecified atom stereocenters. The maximum atomic E-state index is 13.0. The summed E-state index contributed by atoms with van der Waals surface area (Å²) in [5.41, 5.74) is 0.705. The van der Waals surface area contributed by atoms with E-state index in [0.717, 1.165) is 18.1 Å². The maximum Gasteiger partial charge on any atom is 0.416 e. The average Bonchev–Trinajstić information content (AvgIpc) is 2.33. The van der Waals surface area contributed by atoms with Crippen LogP contribution in [0.2, 0.25) is 0 Å². The number of nitrogens with one attached hydrogen (secondary N) is 1. The monoisotopic (exact) mass is 271 g/mol. The second-order valence-electron chi connectivity index (χ2n) is 4.76. The van der Waals surface area contributed by atoms with Crippen molar-refractivity contribution < 1.29 is 13.2 Å². The molecular weight excluding hydrogens is 251 g/mol. The van der Waals surface area contributed by atoms with Crippen LogP contribution in [-0.2, 0) is 6.18 Å². The van der Waals surface area contributed by atoms with E-state index in [1.54, 1.807) is 6.07 Å². The molecule has 1 aromatic rings. The van der Waals surface area contributed by atoms with E-state index in [1.165, 1.54) is 12.1 Å². The minimum Gasteiger partial charge on any atom is -0.307 e. The summed E-state index contributed by atoms with van der Waals surface area (Å²) < 4.78 is 39.1. The van der Waals surface area contributed by atoms with Crippen LogP contribution >= 0.6 is 0 Å². The van der Waals surface area contributed by atoms with Gasteiger partial charge in [0.05, 0.1) is 11.6 Å². The number of halogens is 3. The van der Waals surface area contributed by atoms with Gasteiger partial charge in [-0.15, -0.1) is 0 Å². The molecule has 106 valence electrons. The van der Waals surface area contributed by atoms with Gasteiger partial charge in [0.15, 0.2) is 0 Å². The van der Waals surface area contributed by atoms with E-state index in [-0.39, 0.29) is 5.56 Å². The zero-order valence-electron chi connectivity index (χ0n) is 11.5. The van der Waals surface area contributed by atoms with Crippen LogP contribution < -0.4 is 5.32 Å². The van der Waals surface area contributed by atoms with Gasteiger partial charge in [0, 0.05) is 0 Å². The van der Waals surface area contributed by atoms with Crippen molar-refractivity contribution in [3.63, 3.8) is 0 Å². The van der Waals surface area contributed by atoms with Gasteiger partial charge in [0.1, 0.15) is 0 Å². The molecule has 1 atom stereocenters. The van der Waals surface area contributed by atoms with E-state index in [1.807, 2.05) is 26.8 Å². The van der Waals surface area contributed by atoms with Crippen LogP contribution in [-0.4, -0.2) is 6.54 Å². The van der Waals surface area contributed by atoms with Gasteiger partial charge in [0.25, 0.3) is 0 Å². The van der Waals surface area contributed by atoms with Gasteiger partial charge < -0.3 is 5.32 Å². The summed E-state index contributed by atoms with van der Waals surface area (Å²) >= 11 is 0. The lowest BCUT2D eigenvalue weighted by molar-refractivity contribution is -0.138. The van der Waals surface area contributed by atoms with E-state index < -0.39 is 17.8 Å². The second-order valence-corrected chi connectivity index (χ2v) is 4.76. The minimum absolute atomic E-state index is 0.282. The van der Waals surface area contributed by atoms with Crippen molar-refractivity contribution in [1.82, 2.24) is 5.32 Å². The van der Waals surface area contributed by atoms with Crippen molar-refractivity contribution in [3.8, 4) is 0 Å². The third kappa shape index (κ3) is 4.71. The molecule has 1 N–H and O–H groups in total. The van der Waals surface area contributed by atoms with Crippen molar-refractivity contribution in [1.29, 1.82) is 0 Å². The highest BCUT2D eigenvalue weighted by Crippen LogP contribution is 2.35. The van der Waals surface area contributed by atoms with Crippen molar-refractivity contribution >= 4 is 0 Å². The topological polar surface area (TPSA) is 12.0 Å². The molecule has 1 aromatic carbocycles. The molecule has 0 heterocycles. The molecule has 0 spiro atoms. The molecule has 19 heavy (non-hydrogen) atoms. The first-order chi connectivity index (χ1) is 8.86. The Morgan fingerprint density at radius 1 is 1.26 bits per heavy atom. The van der Waals surface area contributed by atoms with Crippen LogP contribution in [0.3, 0.4) is 0 Å². The molecule has 0 aliphatic rings. The van der Waals surface area contributed by atoms with E-state index in [4.69, 9.17) is 0 Å². The molecule has 0 aromatic heterocycles. The van der Waals surface area contributed by atoms with E-state index in [0.29, 0.717) is 6.54 Å². The molecule has 0 saturated carbocycles. The van der Waals surface area contributed by atoms with E-state index >= 15 is 0 Å². The van der Waals surface area contributed by atoms with Gasteiger partial charge >= 0.3 is 6.18 Å². The first-order valence-corrected chi connectivity index (χ1v) is 6.40. The fourth-order valence-corrected chi connectivity index (χ4v) is 1.92. The number of benzene rings is 1. The van der Waals surface area contributed by atoms with Crippen molar-refractivity contribution in [2.45, 2.75) is 39.4 Å². The van der Waals surface area contributed by atoms with Gasteiger partial charge in [-0.1, -0.05) is 36.8 Å². The summed E-state index contributed by atoms with van der Waals surface area (Å²) in [6.45, 7) is 6.44. The Morgan fingerprint density at radius 2 is 1.89 bits per heavy atom. The highest BCUT2D eigenvalue weighted by atomic mass is 19.4. The number of hydrogen-bond donors (Lipinski definition) is 1. The fraction of sp³-hybridized carbons (Fsp3) is 0.467. The van der Waals surface area contributed by atoms with Crippen LogP contribution in [0, 0.1) is 0 Å². The number of allylic oxidation sites excluding steroid dienone is 1. The summed E-state index contributed by atoms with van der Waals surface area (Å²) in [4.78, 5) is 0. The minimum atomic E-state index is -4.32. The molecular formula is C15H20F3N. The van der Waals surface area contributed by atoms with Crippen molar-refractivity contribution in [2.24, 2.45) is 0 Å². The highest BCUT2D eigenvalue weighted by Gasteiger charge is 2.34. The van der Waals surface area contributed by atoms with Crippen molar-refractivity contribution in [3.05, 3.63) is 47.0 Å². The Hall–Kier alpha value is -1.29. The quantitative estimate of drug-likeness (QED) is 0.765. The summed E-state index contributed by atoms with van der Waals surface area (Å²) in [6, 6.07) is 5.34. The molecule has 0 aliphatic carbocycles. The van der Waals surface area contributed by atoms with Crippen LogP contribution in [0.4, 0.5) is 13.2 Å². The Bertz CT molecular complexity index is 431. The molecule has 4 heteroatoms. The Kier molecular flexibility index (Phi) is 5.60. The second kappa shape index (κ2) is 6.75. The predicted molar refractivity (Wildman–Crippen MR) is 71.9 cm³/mol. The standard InChI is InChI=1S/C15H20F3N/c1-4-9-19-14(10-11(2)3)12-7-5-6-8-13(12)15(16,17)18/h5-8,10,14,19H,4,9H2,1-3H3. The highest BCUT2D eigenvalue weighted by molar-refractivity contribution is 5.35. The molecule has 0 aliphatic heterocycles. The number of alkyl halides is 3. The lowest BCUT2D eigenvalue weighted by Gasteiger charge is -2.20. The smallest absolute Gasteiger partial charge is 0.307 e. The molecule has 0 bridgehead atoms. The normalized spacial score (nSPS) is 13.2. The summed E-state index contributed by atoms with van der Waals surface area (Å²) in [5, 5.41) is 3.15. The lowest BCUT2D eigenvalue weighted by Crippen LogP contribution is -2.23. The van der Waals surface area contributed by atoms with Gasteiger partial charge in [-0.25, -0.2) is 0 Å². The summed E-state index contributed by atoms with van der Waals surface area (Å²) in [6.07, 6.45) is -1.61. The predicted octanol–water partition coefficient (Wildman–Crippen LogP) is 4.71. The van der Waals surface area contributed by atoms with E-state index in [2.05, 4.69) is 5.32 Å². The average molecular weight is 271 g/mol. The van der Waals surface area contributed by atoms with Gasteiger partial charge in [0.2, 0.25) is 0 Å². The summed E-state index contributed by atoms with van der Waals surface area (Å²) in [5.74, 6) is 0. The fourth-order valence-electron chi connectivity index (χ4n) is 1.92. The zero-order valence-corrected chi connectivity index (χ0v) is 11.5. The molecule has 1 nitrogen and oxygen atoms in total. The Balaban J connectivity index is 3.18. The Morgan fingerprint density at radius 3 is 2.42 bits per heavy atom. The van der Waals surface area contributed by atoms with Gasteiger partial charge in [-0.2, -0.15) is 13.2 Å². The third-order valence-electron chi connectivity index (χ3n) is 2.72. The van der Waals surface area contributed by atoms with Gasteiger partial charge in [-0.05, 0) is 38.4 Å². The van der Waals surface area contributed by atoms with Crippen LogP contribution in [0.15, 0.2) is 35.9 Å². The van der Waals surface area contributed by atoms with Crippen LogP contribution in [0.5, 0.6) is 0 Å². The molecule has 0 amide bonds. The van der Waals surface area contributed by atoms with Crippen LogP contribution in [0.1, 0.15) is 44.4 Å². The SMILES string of the molecule is CCCNC(C=C(C)C)c1ccccc1C(F)(F)F. The van der Waals surface area contributed by atoms with Gasteiger partial charge in [-0.3, -0.25) is 0 Å². The summed E-state index contributed by atoms with van der Waals surface area (Å²) in [7, 11) is 0. The third-order valence-corrected chi connectivity index (χ3v) is 2.72. The first kappa shape index (κ1) is 15.8. The zero-order chi connectivity index (χ0) is 14.5. The number of hydrogen-bond acceptors (Lipinski definition) is 1. The Labute approximate surface area is 112 Å². The number of rotatable bonds is 5. The molecule has 0 radical (unpaired) electrons. The molecule has 0 saturated heterocycles. The molecule has 0 fully saturated rings. The first-order valence-electron chi connectivity index (χ1n) is 6.40. The maximum absolute atomic E-state index is 13.0.